The van der Waals surface area contributed by atoms with Gasteiger partial charge in [-0.15, -0.1) is 0 Å². The van der Waals surface area contributed by atoms with Gasteiger partial charge >= 0.3 is 0 Å². The van der Waals surface area contributed by atoms with Crippen LogP contribution in [0.1, 0.15) is 25.3 Å². The highest BCUT2D eigenvalue weighted by atomic mass is 32.2. The normalized spacial score (nSPS) is 21.6. The molecule has 2 aromatic carbocycles. The van der Waals surface area contributed by atoms with Crippen LogP contribution >= 0.6 is 0 Å². The lowest BCUT2D eigenvalue weighted by atomic mass is 9.97. The molecule has 0 saturated carbocycles. The van der Waals surface area contributed by atoms with E-state index in [1.165, 1.54) is 24.6 Å². The van der Waals surface area contributed by atoms with Crippen molar-refractivity contribution in [1.29, 1.82) is 0 Å². The summed E-state index contributed by atoms with van der Waals surface area (Å²) < 4.78 is 38.8. The third-order valence-corrected chi connectivity index (χ3v) is 8.05. The highest BCUT2D eigenvalue weighted by Gasteiger charge is 2.39. The quantitative estimate of drug-likeness (QED) is 0.708. The van der Waals surface area contributed by atoms with Gasteiger partial charge in [-0.25, -0.2) is 8.42 Å². The number of rotatable bonds is 5. The second-order valence-electron chi connectivity index (χ2n) is 8.11. The molecule has 0 N–H and O–H groups in total. The molecule has 1 saturated heterocycles. The fourth-order valence-corrected chi connectivity index (χ4v) is 6.28. The maximum atomic E-state index is 13.5. The third-order valence-electron chi connectivity index (χ3n) is 6.17. The molecule has 2 aliphatic heterocycles. The van der Waals surface area contributed by atoms with Gasteiger partial charge in [-0.05, 0) is 49.9 Å². The highest BCUT2D eigenvalue weighted by molar-refractivity contribution is 7.89. The Morgan fingerprint density at radius 2 is 1.87 bits per heavy atom. The van der Waals surface area contributed by atoms with Crippen LogP contribution in [0.15, 0.2) is 47.4 Å². The van der Waals surface area contributed by atoms with Gasteiger partial charge in [-0.2, -0.15) is 4.31 Å². The number of carbonyl (C=O) groups is 1. The second-order valence-corrected chi connectivity index (χ2v) is 10.0. The number of para-hydroxylation sites is 1. The minimum absolute atomic E-state index is 0.00467. The predicted molar refractivity (Wildman–Crippen MR) is 118 cm³/mol. The Bertz CT molecular complexity index is 1090. The molecule has 2 aliphatic rings. The SMILES string of the molecule is COc1ccc(OC)c(S(=O)(=O)N2CCCC(C(=O)N3c4ccccc4CC3C)C2)c1. The molecule has 2 heterocycles. The Labute approximate surface area is 183 Å². The van der Waals surface area contributed by atoms with Crippen LogP contribution in [0, 0.1) is 5.92 Å². The summed E-state index contributed by atoms with van der Waals surface area (Å²) in [6.07, 6.45) is 2.12. The smallest absolute Gasteiger partial charge is 0.246 e. The van der Waals surface area contributed by atoms with Crippen molar-refractivity contribution in [3.8, 4) is 11.5 Å². The van der Waals surface area contributed by atoms with Crippen molar-refractivity contribution in [1.82, 2.24) is 4.31 Å². The lowest BCUT2D eigenvalue weighted by Crippen LogP contribution is -2.48. The number of nitrogens with zero attached hydrogens (tertiary/aromatic N) is 2. The lowest BCUT2D eigenvalue weighted by molar-refractivity contribution is -0.123. The molecule has 1 fully saturated rings. The van der Waals surface area contributed by atoms with Crippen molar-refractivity contribution < 1.29 is 22.7 Å². The molecule has 0 radical (unpaired) electrons. The van der Waals surface area contributed by atoms with E-state index in [9.17, 15) is 13.2 Å². The first kappa shape index (κ1) is 21.6. The minimum atomic E-state index is -3.84. The summed E-state index contributed by atoms with van der Waals surface area (Å²) in [7, 11) is -0.915. The van der Waals surface area contributed by atoms with Crippen LogP contribution in [-0.2, 0) is 21.2 Å². The molecule has 8 heteroatoms. The Morgan fingerprint density at radius 3 is 2.61 bits per heavy atom. The van der Waals surface area contributed by atoms with E-state index < -0.39 is 10.0 Å². The van der Waals surface area contributed by atoms with Gasteiger partial charge in [0.1, 0.15) is 16.4 Å². The number of fused-ring (bicyclic) bond motifs is 1. The Kier molecular flexibility index (Phi) is 5.94. The zero-order valence-electron chi connectivity index (χ0n) is 18.1. The number of sulfonamides is 1. The first-order valence-corrected chi connectivity index (χ1v) is 11.9. The molecule has 2 atom stereocenters. The molecule has 31 heavy (non-hydrogen) atoms. The number of methoxy groups -OCH3 is 2. The molecule has 2 unspecified atom stereocenters. The van der Waals surface area contributed by atoms with Gasteiger partial charge in [-0.1, -0.05) is 18.2 Å². The number of anilines is 1. The van der Waals surface area contributed by atoms with Gasteiger partial charge in [0.25, 0.3) is 0 Å². The van der Waals surface area contributed by atoms with Crippen LogP contribution in [-0.4, -0.2) is 52.0 Å². The predicted octanol–water partition coefficient (Wildman–Crippen LogP) is 3.08. The minimum Gasteiger partial charge on any atom is -0.497 e. The van der Waals surface area contributed by atoms with E-state index in [1.54, 1.807) is 12.1 Å². The summed E-state index contributed by atoms with van der Waals surface area (Å²) in [5.74, 6) is 0.312. The number of carbonyl (C=O) groups excluding carboxylic acids is 1. The molecular weight excluding hydrogens is 416 g/mol. The maximum Gasteiger partial charge on any atom is 0.246 e. The Morgan fingerprint density at radius 1 is 1.10 bits per heavy atom. The number of piperidine rings is 1. The van der Waals surface area contributed by atoms with Gasteiger partial charge < -0.3 is 14.4 Å². The third kappa shape index (κ3) is 3.90. The molecule has 0 bridgehead atoms. The van der Waals surface area contributed by atoms with Crippen LogP contribution in [0.3, 0.4) is 0 Å². The first-order valence-electron chi connectivity index (χ1n) is 10.5. The van der Waals surface area contributed by atoms with Gasteiger partial charge in [0.15, 0.2) is 0 Å². The van der Waals surface area contributed by atoms with Crippen LogP contribution in [0.5, 0.6) is 11.5 Å². The Hall–Kier alpha value is -2.58. The maximum absolute atomic E-state index is 13.5. The molecule has 166 valence electrons. The second kappa shape index (κ2) is 8.51. The average Bonchev–Trinajstić information content (AvgIpc) is 3.13. The standard InChI is InChI=1S/C23H28N2O5S/c1-16-13-17-7-4-5-9-20(17)25(16)23(26)18-8-6-12-24(15-18)31(27,28)22-14-19(29-2)10-11-21(22)30-3/h4-5,7,9-11,14,16,18H,6,8,12-13,15H2,1-3H3. The van der Waals surface area contributed by atoms with E-state index in [1.807, 2.05) is 36.1 Å². The molecule has 0 aliphatic carbocycles. The summed E-state index contributed by atoms with van der Waals surface area (Å²) in [6, 6.07) is 12.7. The van der Waals surface area contributed by atoms with Crippen molar-refractivity contribution in [2.45, 2.75) is 37.1 Å². The van der Waals surface area contributed by atoms with Gasteiger partial charge in [0.2, 0.25) is 15.9 Å². The van der Waals surface area contributed by atoms with Crippen molar-refractivity contribution >= 4 is 21.6 Å². The van der Waals surface area contributed by atoms with Crippen LogP contribution in [0.4, 0.5) is 5.69 Å². The van der Waals surface area contributed by atoms with E-state index in [0.717, 1.165) is 17.7 Å². The molecule has 0 aromatic heterocycles. The number of hydrogen-bond donors (Lipinski definition) is 0. The summed E-state index contributed by atoms with van der Waals surface area (Å²) in [5.41, 5.74) is 2.10. The highest BCUT2D eigenvalue weighted by Crippen LogP contribution is 2.36. The Balaban J connectivity index is 1.60. The largest absolute Gasteiger partial charge is 0.497 e. The van der Waals surface area contributed by atoms with Gasteiger partial charge in [0, 0.05) is 30.9 Å². The summed E-state index contributed by atoms with van der Waals surface area (Å²) >= 11 is 0. The average molecular weight is 445 g/mol. The first-order chi connectivity index (χ1) is 14.9. The lowest BCUT2D eigenvalue weighted by Gasteiger charge is -2.34. The van der Waals surface area contributed by atoms with Gasteiger partial charge in [0.05, 0.1) is 20.1 Å². The van der Waals surface area contributed by atoms with E-state index in [-0.39, 0.29) is 35.1 Å². The fraction of sp³-hybridized carbons (Fsp3) is 0.435. The summed E-state index contributed by atoms with van der Waals surface area (Å²) in [4.78, 5) is 15.4. The van der Waals surface area contributed by atoms with Crippen molar-refractivity contribution in [2.75, 3.05) is 32.2 Å². The molecule has 7 nitrogen and oxygen atoms in total. The number of ether oxygens (including phenoxy) is 2. The zero-order chi connectivity index (χ0) is 22.2. The van der Waals surface area contributed by atoms with Crippen molar-refractivity contribution in [3.05, 3.63) is 48.0 Å². The molecule has 0 spiro atoms. The van der Waals surface area contributed by atoms with E-state index in [2.05, 4.69) is 0 Å². The van der Waals surface area contributed by atoms with Crippen LogP contribution < -0.4 is 14.4 Å². The number of amides is 1. The molecule has 2 aromatic rings. The molecule has 1 amide bonds. The number of hydrogen-bond acceptors (Lipinski definition) is 5. The summed E-state index contributed by atoms with van der Waals surface area (Å²) in [5, 5.41) is 0. The van der Waals surface area contributed by atoms with E-state index >= 15 is 0 Å². The monoisotopic (exact) mass is 444 g/mol. The van der Waals surface area contributed by atoms with E-state index in [4.69, 9.17) is 9.47 Å². The van der Waals surface area contributed by atoms with Gasteiger partial charge in [-0.3, -0.25) is 4.79 Å². The zero-order valence-corrected chi connectivity index (χ0v) is 18.9. The van der Waals surface area contributed by atoms with E-state index in [0.29, 0.717) is 25.1 Å². The fourth-order valence-electron chi connectivity index (χ4n) is 4.59. The topological polar surface area (TPSA) is 76.1 Å². The van der Waals surface area contributed by atoms with Crippen molar-refractivity contribution in [2.24, 2.45) is 5.92 Å². The summed E-state index contributed by atoms with van der Waals surface area (Å²) in [6.45, 7) is 2.57. The number of benzene rings is 2. The van der Waals surface area contributed by atoms with Crippen LogP contribution in [0.25, 0.3) is 0 Å². The van der Waals surface area contributed by atoms with Crippen LogP contribution in [0.2, 0.25) is 0 Å². The molecule has 4 rings (SSSR count). The van der Waals surface area contributed by atoms with Crippen molar-refractivity contribution in [3.63, 3.8) is 0 Å². The molecular formula is C23H28N2O5S.